The SMILES string of the molecule is Cc1cccc(N2C[C@](O)(c3ccc4c(c3)OCCO4)[N+]3=C2SCCC3)c1C. The van der Waals surface area contributed by atoms with Crippen LogP contribution in [0.15, 0.2) is 36.4 Å². The van der Waals surface area contributed by atoms with Gasteiger partial charge in [0.15, 0.2) is 18.0 Å². The summed E-state index contributed by atoms with van der Waals surface area (Å²) in [5, 5.41) is 13.0. The first kappa shape index (κ1) is 17.9. The van der Waals surface area contributed by atoms with Gasteiger partial charge in [-0.2, -0.15) is 0 Å². The highest BCUT2D eigenvalue weighted by Gasteiger charge is 2.53. The number of aryl methyl sites for hydroxylation is 1. The molecule has 3 heterocycles. The first-order chi connectivity index (χ1) is 13.6. The largest absolute Gasteiger partial charge is 0.486 e. The lowest BCUT2D eigenvalue weighted by atomic mass is 10.0. The summed E-state index contributed by atoms with van der Waals surface area (Å²) in [6.45, 7) is 6.74. The summed E-state index contributed by atoms with van der Waals surface area (Å²) in [6, 6.07) is 12.2. The topological polar surface area (TPSA) is 44.9 Å². The van der Waals surface area contributed by atoms with Crippen LogP contribution in [0.25, 0.3) is 0 Å². The molecule has 28 heavy (non-hydrogen) atoms. The monoisotopic (exact) mass is 397 g/mol. The lowest BCUT2D eigenvalue weighted by molar-refractivity contribution is -0.656. The Hall–Kier alpha value is -2.18. The Morgan fingerprint density at radius 2 is 1.93 bits per heavy atom. The average molecular weight is 398 g/mol. The maximum atomic E-state index is 11.9. The number of β-amino-alcohol motifs (C(OH)–C–C–N with tert-alkyl or cyclic N) is 1. The number of amidine groups is 1. The van der Waals surface area contributed by atoms with Gasteiger partial charge in [0.1, 0.15) is 18.9 Å². The van der Waals surface area contributed by atoms with Gasteiger partial charge in [0, 0.05) is 11.3 Å². The molecule has 0 bridgehead atoms. The van der Waals surface area contributed by atoms with E-state index in [4.69, 9.17) is 9.47 Å². The maximum Gasteiger partial charge on any atom is 0.316 e. The predicted molar refractivity (Wildman–Crippen MR) is 112 cm³/mol. The first-order valence-electron chi connectivity index (χ1n) is 9.81. The van der Waals surface area contributed by atoms with E-state index in [2.05, 4.69) is 41.5 Å². The number of nitrogens with zero attached hydrogens (tertiary/aromatic N) is 2. The Morgan fingerprint density at radius 3 is 2.79 bits per heavy atom. The number of hydrogen-bond donors (Lipinski definition) is 1. The van der Waals surface area contributed by atoms with E-state index in [-0.39, 0.29) is 0 Å². The van der Waals surface area contributed by atoms with Crippen LogP contribution in [-0.4, -0.2) is 46.9 Å². The van der Waals surface area contributed by atoms with Gasteiger partial charge in [0.25, 0.3) is 5.72 Å². The van der Waals surface area contributed by atoms with E-state index in [1.54, 1.807) is 0 Å². The van der Waals surface area contributed by atoms with Crippen LogP contribution in [0.5, 0.6) is 11.5 Å². The molecule has 3 aliphatic heterocycles. The molecule has 0 radical (unpaired) electrons. The van der Waals surface area contributed by atoms with Crippen LogP contribution in [-0.2, 0) is 5.72 Å². The maximum absolute atomic E-state index is 11.9. The molecule has 0 fully saturated rings. The Morgan fingerprint density at radius 1 is 1.11 bits per heavy atom. The van der Waals surface area contributed by atoms with Crippen molar-refractivity contribution in [1.82, 2.24) is 0 Å². The molecule has 2 aromatic rings. The highest BCUT2D eigenvalue weighted by atomic mass is 32.2. The molecule has 0 aliphatic carbocycles. The standard InChI is InChI=1S/C22H25N2O3S/c1-15-5-3-6-18(16(15)2)23-14-22(25,24-9-4-12-28-21(23)24)17-7-8-19-20(13-17)27-11-10-26-19/h3,5-8,13,25H,4,9-12,14H2,1-2H3/q+1/t22-/m0/s1. The molecule has 0 amide bonds. The number of aliphatic hydroxyl groups is 1. The number of thioether (sulfide) groups is 1. The van der Waals surface area contributed by atoms with E-state index >= 15 is 0 Å². The minimum absolute atomic E-state index is 0.499. The zero-order valence-electron chi connectivity index (χ0n) is 16.3. The lowest BCUT2D eigenvalue weighted by Gasteiger charge is -2.26. The van der Waals surface area contributed by atoms with Crippen LogP contribution >= 0.6 is 11.8 Å². The third-order valence-electron chi connectivity index (χ3n) is 5.92. The molecular formula is C22H25N2O3S+. The summed E-state index contributed by atoms with van der Waals surface area (Å²) in [5.74, 6) is 2.54. The van der Waals surface area contributed by atoms with Gasteiger partial charge in [-0.3, -0.25) is 0 Å². The molecule has 1 N–H and O–H groups in total. The minimum Gasteiger partial charge on any atom is -0.486 e. The van der Waals surface area contributed by atoms with Crippen molar-refractivity contribution in [2.75, 3.05) is 37.0 Å². The molecule has 5 rings (SSSR count). The molecule has 3 aliphatic rings. The molecule has 2 aromatic carbocycles. The number of rotatable bonds is 2. The van der Waals surface area contributed by atoms with Crippen molar-refractivity contribution in [3.05, 3.63) is 53.1 Å². The molecule has 0 unspecified atom stereocenters. The zero-order valence-corrected chi connectivity index (χ0v) is 17.1. The number of anilines is 1. The summed E-state index contributed by atoms with van der Waals surface area (Å²) < 4.78 is 13.6. The van der Waals surface area contributed by atoms with Gasteiger partial charge in [0.2, 0.25) is 0 Å². The second-order valence-corrected chi connectivity index (χ2v) is 8.68. The molecule has 0 saturated carbocycles. The molecule has 146 valence electrons. The number of hydrogen-bond acceptors (Lipinski definition) is 5. The van der Waals surface area contributed by atoms with E-state index in [1.165, 1.54) is 16.8 Å². The van der Waals surface area contributed by atoms with Crippen molar-refractivity contribution in [2.24, 2.45) is 0 Å². The van der Waals surface area contributed by atoms with Crippen molar-refractivity contribution in [2.45, 2.75) is 26.0 Å². The smallest absolute Gasteiger partial charge is 0.316 e. The Kier molecular flexibility index (Phi) is 4.29. The Labute approximate surface area is 169 Å². The fourth-order valence-electron chi connectivity index (χ4n) is 4.26. The molecule has 6 heteroatoms. The van der Waals surface area contributed by atoms with Gasteiger partial charge in [0.05, 0.1) is 6.54 Å². The van der Waals surface area contributed by atoms with Crippen molar-refractivity contribution in [3.63, 3.8) is 0 Å². The zero-order chi connectivity index (χ0) is 19.3. The number of ether oxygens (including phenoxy) is 2. The molecule has 0 spiro atoms. The highest BCUT2D eigenvalue weighted by Crippen LogP contribution is 2.41. The molecule has 0 aromatic heterocycles. The van der Waals surface area contributed by atoms with Gasteiger partial charge in [-0.15, -0.1) is 0 Å². The van der Waals surface area contributed by atoms with E-state index in [9.17, 15) is 5.11 Å². The van der Waals surface area contributed by atoms with Gasteiger partial charge < -0.3 is 14.6 Å². The van der Waals surface area contributed by atoms with Crippen molar-refractivity contribution >= 4 is 22.6 Å². The summed E-state index contributed by atoms with van der Waals surface area (Å²) in [6.07, 6.45) is 1.06. The summed E-state index contributed by atoms with van der Waals surface area (Å²) in [7, 11) is 0. The second-order valence-electron chi connectivity index (χ2n) is 7.62. The van der Waals surface area contributed by atoms with Crippen molar-refractivity contribution in [1.29, 1.82) is 0 Å². The number of benzene rings is 2. The molecular weight excluding hydrogens is 372 g/mol. The Bertz CT molecular complexity index is 974. The summed E-state index contributed by atoms with van der Waals surface area (Å²) in [4.78, 5) is 2.28. The van der Waals surface area contributed by atoms with Crippen LogP contribution in [0, 0.1) is 13.8 Å². The van der Waals surface area contributed by atoms with E-state index in [1.807, 2.05) is 30.0 Å². The van der Waals surface area contributed by atoms with Gasteiger partial charge in [-0.05, 0) is 67.4 Å². The van der Waals surface area contributed by atoms with Crippen LogP contribution in [0.4, 0.5) is 5.69 Å². The van der Waals surface area contributed by atoms with Crippen LogP contribution in [0.1, 0.15) is 23.1 Å². The summed E-state index contributed by atoms with van der Waals surface area (Å²) >= 11 is 1.83. The van der Waals surface area contributed by atoms with Crippen LogP contribution < -0.4 is 14.4 Å². The molecule has 0 saturated heterocycles. The fraction of sp³-hybridized carbons (Fsp3) is 0.409. The quantitative estimate of drug-likeness (QED) is 0.789. The number of fused-ring (bicyclic) bond motifs is 1. The minimum atomic E-state index is -1.09. The fourth-order valence-corrected chi connectivity index (χ4v) is 5.43. The lowest BCUT2D eigenvalue weighted by Crippen LogP contribution is -2.41. The molecule has 5 nitrogen and oxygen atoms in total. The first-order valence-corrected chi connectivity index (χ1v) is 10.8. The second kappa shape index (κ2) is 6.71. The average Bonchev–Trinajstić information content (AvgIpc) is 3.04. The van der Waals surface area contributed by atoms with Crippen LogP contribution in [0.2, 0.25) is 0 Å². The van der Waals surface area contributed by atoms with E-state index in [0.29, 0.717) is 25.5 Å². The Balaban J connectivity index is 1.61. The third-order valence-corrected chi connectivity index (χ3v) is 7.11. The van der Waals surface area contributed by atoms with E-state index in [0.717, 1.165) is 35.2 Å². The summed E-state index contributed by atoms with van der Waals surface area (Å²) in [5.41, 5.74) is 3.45. The predicted octanol–water partition coefficient (Wildman–Crippen LogP) is 3.25. The normalized spacial score (nSPS) is 23.8. The van der Waals surface area contributed by atoms with Gasteiger partial charge in [-0.25, -0.2) is 9.48 Å². The van der Waals surface area contributed by atoms with Gasteiger partial charge in [-0.1, -0.05) is 12.1 Å². The molecule has 1 atom stereocenters. The van der Waals surface area contributed by atoms with Crippen molar-refractivity contribution < 1.29 is 19.2 Å². The van der Waals surface area contributed by atoms with Crippen LogP contribution in [0.3, 0.4) is 0 Å². The van der Waals surface area contributed by atoms with Crippen molar-refractivity contribution in [3.8, 4) is 11.5 Å². The van der Waals surface area contributed by atoms with Gasteiger partial charge >= 0.3 is 5.17 Å². The van der Waals surface area contributed by atoms with E-state index < -0.39 is 5.72 Å². The third kappa shape index (κ3) is 2.70. The highest BCUT2D eigenvalue weighted by molar-refractivity contribution is 8.13.